The van der Waals surface area contributed by atoms with Gasteiger partial charge in [0.1, 0.15) is 6.73 Å². The maximum atomic E-state index is 11.1. The normalized spacial score (nSPS) is 11.2. The zero-order valence-electron chi connectivity index (χ0n) is 7.81. The first kappa shape index (κ1) is 11.0. The highest BCUT2D eigenvalue weighted by molar-refractivity contribution is 5.78. The summed E-state index contributed by atoms with van der Waals surface area (Å²) in [6, 6.07) is 0. The Morgan fingerprint density at radius 2 is 2.33 bits per heavy atom. The van der Waals surface area contributed by atoms with E-state index in [-0.39, 0.29) is 18.6 Å². The van der Waals surface area contributed by atoms with Crippen LogP contribution in [-0.2, 0) is 9.53 Å². The van der Waals surface area contributed by atoms with Crippen molar-refractivity contribution in [1.82, 2.24) is 5.32 Å². The largest absolute Gasteiger partial charge is 0.364 e. The van der Waals surface area contributed by atoms with Crippen LogP contribution in [0.3, 0.4) is 0 Å². The van der Waals surface area contributed by atoms with E-state index in [0.717, 1.165) is 0 Å². The van der Waals surface area contributed by atoms with Crippen LogP contribution in [0.15, 0.2) is 0 Å². The van der Waals surface area contributed by atoms with Crippen LogP contribution in [0.25, 0.3) is 0 Å². The van der Waals surface area contributed by atoms with Gasteiger partial charge in [0, 0.05) is 19.4 Å². The van der Waals surface area contributed by atoms with Crippen LogP contribution < -0.4 is 5.32 Å². The molecule has 1 unspecified atom stereocenters. The van der Waals surface area contributed by atoms with Crippen LogP contribution in [0.5, 0.6) is 0 Å². The van der Waals surface area contributed by atoms with Crippen molar-refractivity contribution in [2.75, 3.05) is 13.8 Å². The van der Waals surface area contributed by atoms with E-state index < -0.39 is 0 Å². The molecule has 68 valence electrons. The second-order valence-electron chi connectivity index (χ2n) is 2.51. The fraction of sp³-hybridized carbons (Fsp3) is 0.667. The number of nitrogens with one attached hydrogen (secondary N) is 1. The Morgan fingerprint density at radius 1 is 1.67 bits per heavy atom. The molecule has 0 aromatic heterocycles. The molecule has 0 aromatic rings. The Labute approximate surface area is 73.5 Å². The number of hydrogen-bond acceptors (Lipinski definition) is 2. The van der Waals surface area contributed by atoms with Crippen LogP contribution in [0.4, 0.5) is 0 Å². The third-order valence-electron chi connectivity index (χ3n) is 1.42. The lowest BCUT2D eigenvalue weighted by atomic mass is 10.1. The second kappa shape index (κ2) is 6.68. The van der Waals surface area contributed by atoms with Gasteiger partial charge in [-0.3, -0.25) is 4.79 Å². The van der Waals surface area contributed by atoms with Crippen LogP contribution in [0, 0.1) is 17.8 Å². The van der Waals surface area contributed by atoms with E-state index in [9.17, 15) is 4.79 Å². The molecule has 0 aliphatic heterocycles. The Kier molecular flexibility index (Phi) is 6.12. The Balaban J connectivity index is 3.66. The number of carbonyl (C=O) groups is 1. The topological polar surface area (TPSA) is 38.3 Å². The summed E-state index contributed by atoms with van der Waals surface area (Å²) in [5, 5.41) is 2.61. The number of hydrogen-bond donors (Lipinski definition) is 1. The quantitative estimate of drug-likeness (QED) is 0.498. The highest BCUT2D eigenvalue weighted by Crippen LogP contribution is 1.99. The van der Waals surface area contributed by atoms with Crippen LogP contribution in [0.2, 0.25) is 0 Å². The molecule has 0 aliphatic rings. The molecule has 0 aromatic carbocycles. The lowest BCUT2D eigenvalue weighted by Crippen LogP contribution is -2.30. The molecule has 12 heavy (non-hydrogen) atoms. The molecule has 0 saturated carbocycles. The molecule has 0 fully saturated rings. The molecule has 3 nitrogen and oxygen atoms in total. The first-order chi connectivity index (χ1) is 5.72. The minimum atomic E-state index is -0.0624. The molecule has 0 heterocycles. The van der Waals surface area contributed by atoms with E-state index in [1.807, 2.05) is 6.92 Å². The summed E-state index contributed by atoms with van der Waals surface area (Å²) in [4.78, 5) is 11.1. The summed E-state index contributed by atoms with van der Waals surface area (Å²) in [6.07, 6.45) is 0.603. The Hall–Kier alpha value is -1.01. The van der Waals surface area contributed by atoms with Gasteiger partial charge in [0.15, 0.2) is 0 Å². The predicted octanol–water partition coefficient (Wildman–Crippen LogP) is 0.756. The lowest BCUT2D eigenvalue weighted by Gasteiger charge is -2.07. The summed E-state index contributed by atoms with van der Waals surface area (Å²) in [5.74, 6) is 5.53. The summed E-state index contributed by atoms with van der Waals surface area (Å²) in [6.45, 7) is 3.87. The minimum Gasteiger partial charge on any atom is -0.364 e. The Morgan fingerprint density at radius 3 is 2.83 bits per heavy atom. The Bertz CT molecular complexity index is 190. The maximum Gasteiger partial charge on any atom is 0.225 e. The number of ether oxygens (including phenoxy) is 1. The molecule has 3 heteroatoms. The third kappa shape index (κ3) is 4.75. The third-order valence-corrected chi connectivity index (χ3v) is 1.42. The van der Waals surface area contributed by atoms with Crippen LogP contribution in [0.1, 0.15) is 20.3 Å². The fourth-order valence-electron chi connectivity index (χ4n) is 0.665. The van der Waals surface area contributed by atoms with Crippen molar-refractivity contribution in [2.45, 2.75) is 20.3 Å². The molecular weight excluding hydrogens is 154 g/mol. The predicted molar refractivity (Wildman–Crippen MR) is 47.2 cm³/mol. The molecule has 0 rings (SSSR count). The number of methoxy groups -OCH3 is 1. The van der Waals surface area contributed by atoms with Crippen LogP contribution in [-0.4, -0.2) is 19.7 Å². The lowest BCUT2D eigenvalue weighted by molar-refractivity contribution is -0.125. The number of amides is 1. The van der Waals surface area contributed by atoms with E-state index in [1.165, 1.54) is 7.11 Å². The molecular formula is C9H15NO2. The highest BCUT2D eigenvalue weighted by Gasteiger charge is 2.09. The van der Waals surface area contributed by atoms with Crippen molar-refractivity contribution in [3.05, 3.63) is 0 Å². The van der Waals surface area contributed by atoms with Gasteiger partial charge in [-0.2, -0.15) is 0 Å². The van der Waals surface area contributed by atoms with E-state index in [2.05, 4.69) is 17.2 Å². The highest BCUT2D eigenvalue weighted by atomic mass is 16.5. The van der Waals surface area contributed by atoms with Crippen molar-refractivity contribution in [3.63, 3.8) is 0 Å². The molecule has 1 amide bonds. The average Bonchev–Trinajstić information content (AvgIpc) is 2.10. The van der Waals surface area contributed by atoms with Gasteiger partial charge in [-0.15, -0.1) is 11.8 Å². The van der Waals surface area contributed by atoms with Crippen molar-refractivity contribution >= 4 is 5.91 Å². The van der Waals surface area contributed by atoms with E-state index >= 15 is 0 Å². The zero-order valence-corrected chi connectivity index (χ0v) is 7.81. The van der Waals surface area contributed by atoms with Gasteiger partial charge in [0.25, 0.3) is 0 Å². The molecule has 0 radical (unpaired) electrons. The summed E-state index contributed by atoms with van der Waals surface area (Å²) < 4.78 is 4.70. The van der Waals surface area contributed by atoms with Crippen LogP contribution >= 0.6 is 0 Å². The first-order valence-electron chi connectivity index (χ1n) is 3.88. The number of rotatable bonds is 4. The van der Waals surface area contributed by atoms with E-state index in [4.69, 9.17) is 4.74 Å². The maximum absolute atomic E-state index is 11.1. The summed E-state index contributed by atoms with van der Waals surface area (Å²) >= 11 is 0. The molecule has 1 atom stereocenters. The average molecular weight is 169 g/mol. The summed E-state index contributed by atoms with van der Waals surface area (Å²) in [5.41, 5.74) is 0. The monoisotopic (exact) mass is 169 g/mol. The number of carbonyl (C=O) groups excluding carboxylic acids is 1. The van der Waals surface area contributed by atoms with Gasteiger partial charge >= 0.3 is 0 Å². The van der Waals surface area contributed by atoms with Gasteiger partial charge < -0.3 is 10.1 Å². The van der Waals surface area contributed by atoms with Crippen molar-refractivity contribution < 1.29 is 9.53 Å². The summed E-state index contributed by atoms with van der Waals surface area (Å²) in [7, 11) is 1.54. The standard InChI is InChI=1S/C9H15NO2/c1-4-5-6-8(2)9(11)10-7-12-3/h8H,6-7H2,1-3H3,(H,10,11). The van der Waals surface area contributed by atoms with Gasteiger partial charge in [-0.25, -0.2) is 0 Å². The van der Waals surface area contributed by atoms with Crippen molar-refractivity contribution in [1.29, 1.82) is 0 Å². The van der Waals surface area contributed by atoms with E-state index in [1.54, 1.807) is 6.92 Å². The van der Waals surface area contributed by atoms with Crippen molar-refractivity contribution in [2.24, 2.45) is 5.92 Å². The molecule has 0 saturated heterocycles. The minimum absolute atomic E-state index is 0.0143. The van der Waals surface area contributed by atoms with Gasteiger partial charge in [-0.05, 0) is 6.92 Å². The fourth-order valence-corrected chi connectivity index (χ4v) is 0.665. The first-order valence-corrected chi connectivity index (χ1v) is 3.88. The van der Waals surface area contributed by atoms with E-state index in [0.29, 0.717) is 6.42 Å². The molecule has 0 aliphatic carbocycles. The molecule has 1 N–H and O–H groups in total. The van der Waals surface area contributed by atoms with Gasteiger partial charge in [0.2, 0.25) is 5.91 Å². The SMILES string of the molecule is CC#CCC(C)C(=O)NCOC. The zero-order chi connectivity index (χ0) is 9.40. The second-order valence-corrected chi connectivity index (χ2v) is 2.51. The molecule has 0 bridgehead atoms. The van der Waals surface area contributed by atoms with Gasteiger partial charge in [0.05, 0.1) is 0 Å². The smallest absolute Gasteiger partial charge is 0.225 e. The van der Waals surface area contributed by atoms with Crippen molar-refractivity contribution in [3.8, 4) is 11.8 Å². The molecule has 0 spiro atoms. The van der Waals surface area contributed by atoms with Gasteiger partial charge in [-0.1, -0.05) is 6.92 Å².